The average Bonchev–Trinajstić information content (AvgIpc) is 3.47. The van der Waals surface area contributed by atoms with Crippen molar-refractivity contribution in [2.45, 2.75) is 44.7 Å². The van der Waals surface area contributed by atoms with E-state index < -0.39 is 0 Å². The highest BCUT2D eigenvalue weighted by Crippen LogP contribution is 2.24. The summed E-state index contributed by atoms with van der Waals surface area (Å²) in [4.78, 5) is 35.5. The molecule has 0 bridgehead atoms. The van der Waals surface area contributed by atoms with Crippen LogP contribution in [0.1, 0.15) is 34.5 Å². The quantitative estimate of drug-likeness (QED) is 0.490. The van der Waals surface area contributed by atoms with Gasteiger partial charge >= 0.3 is 0 Å². The number of benzene rings is 1. The summed E-state index contributed by atoms with van der Waals surface area (Å²) in [5.41, 5.74) is 5.31. The zero-order chi connectivity index (χ0) is 22.6. The van der Waals surface area contributed by atoms with E-state index in [0.717, 1.165) is 24.1 Å². The van der Waals surface area contributed by atoms with E-state index in [0.29, 0.717) is 43.7 Å². The molecule has 10 nitrogen and oxygen atoms in total. The number of carbonyl (C=O) groups excluding carboxylic acids is 2. The second kappa shape index (κ2) is 9.35. The first kappa shape index (κ1) is 21.0. The Morgan fingerprint density at radius 2 is 1.94 bits per heavy atom. The van der Waals surface area contributed by atoms with Crippen LogP contribution in [0.4, 0.5) is 5.95 Å². The molecule has 170 valence electrons. The maximum Gasteiger partial charge on any atom is 0.226 e. The molecular weight excluding hydrogens is 420 g/mol. The van der Waals surface area contributed by atoms with Crippen molar-refractivity contribution < 1.29 is 9.59 Å². The van der Waals surface area contributed by atoms with Gasteiger partial charge in [0, 0.05) is 50.3 Å². The van der Waals surface area contributed by atoms with Gasteiger partial charge in [0.2, 0.25) is 17.8 Å². The number of aromatic nitrogens is 5. The van der Waals surface area contributed by atoms with E-state index in [-0.39, 0.29) is 24.7 Å². The fourth-order valence-electron chi connectivity index (χ4n) is 4.45. The first-order valence-corrected chi connectivity index (χ1v) is 11.2. The van der Waals surface area contributed by atoms with Crippen LogP contribution in [-0.2, 0) is 41.8 Å². The normalized spacial score (nSPS) is 15.1. The summed E-state index contributed by atoms with van der Waals surface area (Å²) in [5.74, 6) is 0.481. The fourth-order valence-corrected chi connectivity index (χ4v) is 4.45. The summed E-state index contributed by atoms with van der Waals surface area (Å²) in [5, 5.41) is 16.2. The zero-order valence-corrected chi connectivity index (χ0v) is 18.3. The number of H-pyrrole nitrogens is 1. The third-order valence-electron chi connectivity index (χ3n) is 6.14. The Balaban J connectivity index is 1.10. The third-order valence-corrected chi connectivity index (χ3v) is 6.14. The topological polar surface area (TPSA) is 129 Å². The minimum absolute atomic E-state index is 0.00769. The first-order chi connectivity index (χ1) is 16.1. The van der Waals surface area contributed by atoms with Crippen LogP contribution in [0.25, 0.3) is 0 Å². The number of aromatic amines is 1. The number of nitrogens with one attached hydrogen (secondary N) is 3. The standard InChI is InChI=1S/C23H26N8O2/c32-21(11-19-13-26-30-29-19)24-7-5-22(33)31-8-6-20-17(14-31)12-25-23(28-20)27-18-9-15-3-1-2-4-16(15)10-18/h1-4,12-13,18H,5-11,14H2,(H,24,32)(H,25,27,28)(H,26,29,30). The Morgan fingerprint density at radius 3 is 2.70 bits per heavy atom. The van der Waals surface area contributed by atoms with Gasteiger partial charge < -0.3 is 15.5 Å². The van der Waals surface area contributed by atoms with Crippen molar-refractivity contribution in [1.82, 2.24) is 35.6 Å². The summed E-state index contributed by atoms with van der Waals surface area (Å²) in [6, 6.07) is 8.82. The maximum atomic E-state index is 12.6. The van der Waals surface area contributed by atoms with Crippen LogP contribution in [0, 0.1) is 0 Å². The van der Waals surface area contributed by atoms with E-state index in [9.17, 15) is 9.59 Å². The van der Waals surface area contributed by atoms with E-state index in [4.69, 9.17) is 4.98 Å². The molecule has 3 aromatic rings. The molecule has 5 rings (SSSR count). The van der Waals surface area contributed by atoms with Crippen molar-refractivity contribution >= 4 is 17.8 Å². The molecule has 0 radical (unpaired) electrons. The zero-order valence-electron chi connectivity index (χ0n) is 18.3. The molecule has 0 saturated heterocycles. The molecule has 0 fully saturated rings. The van der Waals surface area contributed by atoms with Crippen molar-refractivity contribution in [1.29, 1.82) is 0 Å². The molecule has 3 heterocycles. The monoisotopic (exact) mass is 446 g/mol. The lowest BCUT2D eigenvalue weighted by Crippen LogP contribution is -2.38. The molecule has 2 amide bonds. The molecule has 0 saturated carbocycles. The highest BCUT2D eigenvalue weighted by Gasteiger charge is 2.24. The number of hydrogen-bond acceptors (Lipinski definition) is 7. The molecular formula is C23H26N8O2. The molecule has 1 aliphatic heterocycles. The van der Waals surface area contributed by atoms with Gasteiger partial charge in [0.05, 0.1) is 24.0 Å². The summed E-state index contributed by atoms with van der Waals surface area (Å²) in [6.45, 7) is 1.41. The second-order valence-corrected chi connectivity index (χ2v) is 8.49. The molecule has 10 heteroatoms. The van der Waals surface area contributed by atoms with E-state index >= 15 is 0 Å². The smallest absolute Gasteiger partial charge is 0.226 e. The van der Waals surface area contributed by atoms with Gasteiger partial charge in [-0.05, 0) is 24.0 Å². The highest BCUT2D eigenvalue weighted by molar-refractivity contribution is 5.80. The van der Waals surface area contributed by atoms with Gasteiger partial charge in [0.25, 0.3) is 0 Å². The van der Waals surface area contributed by atoms with Gasteiger partial charge in [-0.15, -0.1) is 0 Å². The number of fused-ring (bicyclic) bond motifs is 2. The van der Waals surface area contributed by atoms with Gasteiger partial charge in [0.15, 0.2) is 0 Å². The van der Waals surface area contributed by atoms with Crippen LogP contribution in [-0.4, -0.2) is 61.2 Å². The third kappa shape index (κ3) is 5.00. The van der Waals surface area contributed by atoms with Gasteiger partial charge in [-0.25, -0.2) is 9.97 Å². The summed E-state index contributed by atoms with van der Waals surface area (Å²) < 4.78 is 0. The number of anilines is 1. The average molecular weight is 447 g/mol. The van der Waals surface area contributed by atoms with Crippen LogP contribution in [0.3, 0.4) is 0 Å². The Bertz CT molecular complexity index is 1120. The van der Waals surface area contributed by atoms with Gasteiger partial charge in [-0.1, -0.05) is 24.3 Å². The molecule has 0 atom stereocenters. The van der Waals surface area contributed by atoms with Crippen molar-refractivity contribution in [2.24, 2.45) is 0 Å². The van der Waals surface area contributed by atoms with E-state index in [1.807, 2.05) is 6.20 Å². The fraction of sp³-hybridized carbons (Fsp3) is 0.391. The Morgan fingerprint density at radius 1 is 1.12 bits per heavy atom. The van der Waals surface area contributed by atoms with Crippen molar-refractivity contribution in [3.05, 3.63) is 64.7 Å². The molecule has 2 aliphatic rings. The van der Waals surface area contributed by atoms with Crippen LogP contribution in [0.15, 0.2) is 36.7 Å². The number of carbonyl (C=O) groups is 2. The lowest BCUT2D eigenvalue weighted by atomic mass is 10.1. The lowest BCUT2D eigenvalue weighted by Gasteiger charge is -2.28. The molecule has 33 heavy (non-hydrogen) atoms. The van der Waals surface area contributed by atoms with Crippen LogP contribution >= 0.6 is 0 Å². The van der Waals surface area contributed by atoms with Gasteiger partial charge in [-0.3, -0.25) is 9.59 Å². The van der Waals surface area contributed by atoms with Gasteiger partial charge in [0.1, 0.15) is 0 Å². The van der Waals surface area contributed by atoms with Crippen molar-refractivity contribution in [3.63, 3.8) is 0 Å². The molecule has 0 unspecified atom stereocenters. The lowest BCUT2D eigenvalue weighted by molar-refractivity contribution is -0.132. The Kier molecular flexibility index (Phi) is 5.97. The second-order valence-electron chi connectivity index (χ2n) is 8.49. The van der Waals surface area contributed by atoms with E-state index in [1.165, 1.54) is 17.3 Å². The Labute approximate surface area is 191 Å². The maximum absolute atomic E-state index is 12.6. The molecule has 1 aliphatic carbocycles. The number of nitrogens with zero attached hydrogens (tertiary/aromatic N) is 5. The predicted octanol–water partition coefficient (Wildman–Crippen LogP) is 0.808. The molecule has 2 aromatic heterocycles. The number of amides is 2. The largest absolute Gasteiger partial charge is 0.355 e. The van der Waals surface area contributed by atoms with Gasteiger partial charge in [-0.2, -0.15) is 15.4 Å². The van der Waals surface area contributed by atoms with Crippen LogP contribution in [0.2, 0.25) is 0 Å². The molecule has 1 aromatic carbocycles. The van der Waals surface area contributed by atoms with Crippen molar-refractivity contribution in [2.75, 3.05) is 18.4 Å². The highest BCUT2D eigenvalue weighted by atomic mass is 16.2. The van der Waals surface area contributed by atoms with E-state index in [2.05, 4.69) is 55.3 Å². The molecule has 3 N–H and O–H groups in total. The number of rotatable bonds is 7. The molecule has 0 spiro atoms. The van der Waals surface area contributed by atoms with Crippen molar-refractivity contribution in [3.8, 4) is 0 Å². The predicted molar refractivity (Wildman–Crippen MR) is 120 cm³/mol. The van der Waals surface area contributed by atoms with Crippen LogP contribution in [0.5, 0.6) is 0 Å². The SMILES string of the molecule is O=C(Cc1cn[nH]n1)NCCC(=O)N1CCc2nc(NC3Cc4ccccc4C3)ncc2C1. The summed E-state index contributed by atoms with van der Waals surface area (Å²) in [6.07, 6.45) is 6.38. The minimum Gasteiger partial charge on any atom is -0.355 e. The Hall–Kier alpha value is -3.82. The number of hydrogen-bond donors (Lipinski definition) is 3. The minimum atomic E-state index is -0.181. The van der Waals surface area contributed by atoms with Crippen LogP contribution < -0.4 is 10.6 Å². The summed E-state index contributed by atoms with van der Waals surface area (Å²) >= 11 is 0. The summed E-state index contributed by atoms with van der Waals surface area (Å²) in [7, 11) is 0. The first-order valence-electron chi connectivity index (χ1n) is 11.2. The van der Waals surface area contributed by atoms with E-state index in [1.54, 1.807) is 4.90 Å².